The number of likely N-dealkylation sites (tertiary alicyclic amines) is 1. The van der Waals surface area contributed by atoms with Crippen LogP contribution in [0.5, 0.6) is 0 Å². The highest BCUT2D eigenvalue weighted by Gasteiger charge is 2.28. The van der Waals surface area contributed by atoms with Gasteiger partial charge in [0.05, 0.1) is 6.54 Å². The second-order valence-electron chi connectivity index (χ2n) is 6.64. The Morgan fingerprint density at radius 2 is 1.81 bits per heavy atom. The summed E-state index contributed by atoms with van der Waals surface area (Å²) in [5.74, 6) is 0.121. The third kappa shape index (κ3) is 5.84. The largest absolute Gasteiger partial charge is 0.341 e. The Kier molecular flexibility index (Phi) is 7.59. The third-order valence-corrected chi connectivity index (χ3v) is 4.53. The van der Waals surface area contributed by atoms with Crippen LogP contribution in [0, 0.1) is 5.92 Å². The number of rotatable bonds is 6. The van der Waals surface area contributed by atoms with E-state index in [1.807, 2.05) is 35.2 Å². The number of hydrogen-bond acceptors (Lipinski definition) is 4. The molecular formula is C19H28N4O3. The zero-order valence-corrected chi connectivity index (χ0v) is 15.5. The molecule has 1 saturated heterocycles. The van der Waals surface area contributed by atoms with Gasteiger partial charge < -0.3 is 10.2 Å². The number of carbonyl (C=O) groups excluding carboxylic acids is 3. The Labute approximate surface area is 154 Å². The van der Waals surface area contributed by atoms with E-state index in [9.17, 15) is 14.4 Å². The lowest BCUT2D eigenvalue weighted by Gasteiger charge is -2.33. The Balaban J connectivity index is 2.01. The highest BCUT2D eigenvalue weighted by atomic mass is 16.2. The smallest absolute Gasteiger partial charge is 0.321 e. The number of amides is 4. The lowest BCUT2D eigenvalue weighted by atomic mass is 9.97. The first kappa shape index (κ1) is 19.9. The number of piperidine rings is 1. The number of carbonyl (C=O) groups is 3. The molecule has 1 aliphatic heterocycles. The standard InChI is InChI=1S/C19H28N4O3/c1-3-20-19(26)22-16(24)13-21-17(15-7-5-4-6-8-15)18(25)23-11-9-14(2)10-12-23/h4-8,14,17,21H,3,9-13H2,1-2H3,(H2,20,22,24,26)/t17-/m1/s1. The molecule has 7 nitrogen and oxygen atoms in total. The summed E-state index contributed by atoms with van der Waals surface area (Å²) in [5, 5.41) is 7.74. The molecule has 0 radical (unpaired) electrons. The molecule has 0 aromatic heterocycles. The molecule has 1 aromatic rings. The average molecular weight is 360 g/mol. The predicted octanol–water partition coefficient (Wildman–Crippen LogP) is 1.42. The fourth-order valence-electron chi connectivity index (χ4n) is 2.98. The molecule has 7 heteroatoms. The first-order valence-corrected chi connectivity index (χ1v) is 9.16. The minimum absolute atomic E-state index is 0.0334. The van der Waals surface area contributed by atoms with E-state index < -0.39 is 18.0 Å². The molecule has 1 fully saturated rings. The first-order valence-electron chi connectivity index (χ1n) is 9.16. The molecule has 1 heterocycles. The second-order valence-corrected chi connectivity index (χ2v) is 6.64. The second kappa shape index (κ2) is 9.91. The van der Waals surface area contributed by atoms with Crippen molar-refractivity contribution in [1.29, 1.82) is 0 Å². The van der Waals surface area contributed by atoms with Crippen LogP contribution in [-0.2, 0) is 9.59 Å². The molecule has 3 N–H and O–H groups in total. The maximum atomic E-state index is 13.0. The van der Waals surface area contributed by atoms with Crippen molar-refractivity contribution in [2.75, 3.05) is 26.2 Å². The van der Waals surface area contributed by atoms with Gasteiger partial charge in [-0.05, 0) is 31.2 Å². The molecule has 0 bridgehead atoms. The van der Waals surface area contributed by atoms with E-state index in [4.69, 9.17) is 0 Å². The van der Waals surface area contributed by atoms with Crippen LogP contribution in [-0.4, -0.2) is 48.9 Å². The molecule has 142 valence electrons. The summed E-state index contributed by atoms with van der Waals surface area (Å²) in [4.78, 5) is 38.2. The van der Waals surface area contributed by atoms with Crippen LogP contribution in [0.25, 0.3) is 0 Å². The molecule has 0 aliphatic carbocycles. The maximum absolute atomic E-state index is 13.0. The summed E-state index contributed by atoms with van der Waals surface area (Å²) >= 11 is 0. The van der Waals surface area contributed by atoms with E-state index in [1.54, 1.807) is 6.92 Å². The van der Waals surface area contributed by atoms with E-state index in [0.717, 1.165) is 31.5 Å². The summed E-state index contributed by atoms with van der Waals surface area (Å²) in [6, 6.07) is 8.20. The molecule has 0 saturated carbocycles. The topological polar surface area (TPSA) is 90.5 Å². The minimum Gasteiger partial charge on any atom is -0.341 e. The summed E-state index contributed by atoms with van der Waals surface area (Å²) in [5.41, 5.74) is 0.807. The Morgan fingerprint density at radius 3 is 2.42 bits per heavy atom. The highest BCUT2D eigenvalue weighted by Crippen LogP contribution is 2.21. The van der Waals surface area contributed by atoms with Crippen molar-refractivity contribution in [3.05, 3.63) is 35.9 Å². The minimum atomic E-state index is -0.607. The van der Waals surface area contributed by atoms with Gasteiger partial charge in [-0.25, -0.2) is 4.79 Å². The van der Waals surface area contributed by atoms with Gasteiger partial charge in [0.25, 0.3) is 0 Å². The van der Waals surface area contributed by atoms with Crippen LogP contribution in [0.1, 0.15) is 38.3 Å². The molecule has 26 heavy (non-hydrogen) atoms. The zero-order chi connectivity index (χ0) is 18.9. The molecule has 1 aliphatic rings. The Hall–Kier alpha value is -2.41. The normalized spacial score (nSPS) is 16.0. The van der Waals surface area contributed by atoms with Crippen molar-refractivity contribution < 1.29 is 14.4 Å². The first-order chi connectivity index (χ1) is 12.5. The molecular weight excluding hydrogens is 332 g/mol. The molecule has 2 rings (SSSR count). The molecule has 1 atom stereocenters. The van der Waals surface area contributed by atoms with Crippen molar-refractivity contribution in [3.8, 4) is 0 Å². The summed E-state index contributed by atoms with van der Waals surface area (Å²) < 4.78 is 0. The Morgan fingerprint density at radius 1 is 1.15 bits per heavy atom. The van der Waals surface area contributed by atoms with Crippen molar-refractivity contribution in [3.63, 3.8) is 0 Å². The number of benzene rings is 1. The summed E-state index contributed by atoms with van der Waals surface area (Å²) in [6.45, 7) is 5.75. The van der Waals surface area contributed by atoms with Gasteiger partial charge in [0.1, 0.15) is 6.04 Å². The van der Waals surface area contributed by atoms with E-state index in [0.29, 0.717) is 12.5 Å². The van der Waals surface area contributed by atoms with Gasteiger partial charge in [0.15, 0.2) is 0 Å². The fraction of sp³-hybridized carbons (Fsp3) is 0.526. The summed E-state index contributed by atoms with van der Waals surface area (Å²) in [7, 11) is 0. The lowest BCUT2D eigenvalue weighted by Crippen LogP contribution is -2.48. The van der Waals surface area contributed by atoms with E-state index >= 15 is 0 Å². The van der Waals surface area contributed by atoms with E-state index in [1.165, 1.54) is 0 Å². The summed E-state index contributed by atoms with van der Waals surface area (Å²) in [6.07, 6.45) is 1.98. The number of nitrogens with one attached hydrogen (secondary N) is 3. The predicted molar refractivity (Wildman–Crippen MR) is 99.4 cm³/mol. The van der Waals surface area contributed by atoms with Crippen molar-refractivity contribution in [2.24, 2.45) is 5.92 Å². The van der Waals surface area contributed by atoms with Crippen LogP contribution in [0.2, 0.25) is 0 Å². The van der Waals surface area contributed by atoms with Gasteiger partial charge in [-0.1, -0.05) is 37.3 Å². The van der Waals surface area contributed by atoms with Gasteiger partial charge in [-0.3, -0.25) is 20.2 Å². The monoisotopic (exact) mass is 360 g/mol. The molecule has 1 aromatic carbocycles. The number of nitrogens with zero attached hydrogens (tertiary/aromatic N) is 1. The number of hydrogen-bond donors (Lipinski definition) is 3. The van der Waals surface area contributed by atoms with Gasteiger partial charge in [-0.15, -0.1) is 0 Å². The lowest BCUT2D eigenvalue weighted by molar-refractivity contribution is -0.135. The van der Waals surface area contributed by atoms with Crippen LogP contribution in [0.4, 0.5) is 4.79 Å². The van der Waals surface area contributed by atoms with Crippen molar-refractivity contribution in [1.82, 2.24) is 20.9 Å². The molecule has 4 amide bonds. The number of imide groups is 1. The van der Waals surface area contributed by atoms with Crippen LogP contribution in [0.3, 0.4) is 0 Å². The third-order valence-electron chi connectivity index (χ3n) is 4.53. The van der Waals surface area contributed by atoms with Gasteiger partial charge >= 0.3 is 6.03 Å². The van der Waals surface area contributed by atoms with Crippen LogP contribution >= 0.6 is 0 Å². The van der Waals surface area contributed by atoms with Crippen LogP contribution in [0.15, 0.2) is 30.3 Å². The fourth-order valence-corrected chi connectivity index (χ4v) is 2.98. The highest BCUT2D eigenvalue weighted by molar-refractivity contribution is 5.95. The van der Waals surface area contributed by atoms with E-state index in [2.05, 4.69) is 22.9 Å². The number of urea groups is 1. The van der Waals surface area contributed by atoms with Gasteiger partial charge in [0, 0.05) is 19.6 Å². The Bertz CT molecular complexity index is 612. The van der Waals surface area contributed by atoms with Gasteiger partial charge in [0.2, 0.25) is 11.8 Å². The maximum Gasteiger partial charge on any atom is 0.321 e. The SMILES string of the molecule is CCNC(=O)NC(=O)CN[C@@H](C(=O)N1CCC(C)CC1)c1ccccc1. The van der Waals surface area contributed by atoms with Crippen LogP contribution < -0.4 is 16.0 Å². The molecule has 0 unspecified atom stereocenters. The zero-order valence-electron chi connectivity index (χ0n) is 15.5. The van der Waals surface area contributed by atoms with Crippen molar-refractivity contribution in [2.45, 2.75) is 32.7 Å². The van der Waals surface area contributed by atoms with Gasteiger partial charge in [-0.2, -0.15) is 0 Å². The molecule has 0 spiro atoms. The van der Waals surface area contributed by atoms with Crippen molar-refractivity contribution >= 4 is 17.8 Å². The quantitative estimate of drug-likeness (QED) is 0.716. The average Bonchev–Trinajstić information content (AvgIpc) is 2.63. The van der Waals surface area contributed by atoms with E-state index in [-0.39, 0.29) is 12.5 Å².